The molecule has 2 aromatic carbocycles. The lowest BCUT2D eigenvalue weighted by Crippen LogP contribution is -2.58. The Labute approximate surface area is 230 Å². The van der Waals surface area contributed by atoms with E-state index < -0.39 is 51.7 Å². The zero-order valence-electron chi connectivity index (χ0n) is 23.4. The number of aliphatic hydroxyl groups is 2. The number of carbonyl (C=O) groups is 1. The molecule has 5 N–H and O–H groups in total. The fourth-order valence-corrected chi connectivity index (χ4v) is 5.15. The molecule has 0 bridgehead atoms. The quantitative estimate of drug-likeness (QED) is 0.262. The molecule has 38 heavy (non-hydrogen) atoms. The van der Waals surface area contributed by atoms with Gasteiger partial charge in [-0.3, -0.25) is 4.90 Å². The number of nitrogens with one attached hydrogen (secondary N) is 2. The van der Waals surface area contributed by atoms with E-state index in [1.807, 2.05) is 81.4 Å². The van der Waals surface area contributed by atoms with E-state index in [9.17, 15) is 24.3 Å². The molecule has 0 fully saturated rings. The molecule has 0 aliphatic carbocycles. The highest BCUT2D eigenvalue weighted by Crippen LogP contribution is 2.23. The van der Waals surface area contributed by atoms with Crippen molar-refractivity contribution in [3.8, 4) is 0 Å². The second-order valence-electron chi connectivity index (χ2n) is 11.7. The highest BCUT2D eigenvalue weighted by Gasteiger charge is 2.37. The third-order valence-corrected chi connectivity index (χ3v) is 7.91. The average molecular weight is 548 g/mol. The molecule has 9 heteroatoms. The van der Waals surface area contributed by atoms with Gasteiger partial charge in [-0.1, -0.05) is 60.7 Å². The van der Waals surface area contributed by atoms with Crippen LogP contribution < -0.4 is 10.0 Å². The molecule has 1 unspecified atom stereocenters. The minimum atomic E-state index is -1.39. The van der Waals surface area contributed by atoms with Crippen LogP contribution in [0.25, 0.3) is 0 Å². The van der Waals surface area contributed by atoms with Crippen LogP contribution in [0.3, 0.4) is 0 Å². The van der Waals surface area contributed by atoms with Crippen LogP contribution >= 0.6 is 0 Å². The fourth-order valence-electron chi connectivity index (χ4n) is 4.28. The van der Waals surface area contributed by atoms with E-state index in [2.05, 4.69) is 10.0 Å². The minimum Gasteiger partial charge on any atom is -0.465 e. The van der Waals surface area contributed by atoms with E-state index in [1.54, 1.807) is 20.8 Å². The molecule has 0 saturated carbocycles. The van der Waals surface area contributed by atoms with Crippen molar-refractivity contribution in [1.82, 2.24) is 14.9 Å². The summed E-state index contributed by atoms with van der Waals surface area (Å²) in [5.74, 6) is 0. The maximum absolute atomic E-state index is 12.8. The van der Waals surface area contributed by atoms with Gasteiger partial charge in [-0.05, 0) is 65.5 Å². The van der Waals surface area contributed by atoms with Crippen molar-refractivity contribution >= 4 is 17.1 Å². The third-order valence-electron chi connectivity index (χ3n) is 6.28. The Bertz CT molecular complexity index is 1010. The molecule has 212 valence electrons. The zero-order valence-corrected chi connectivity index (χ0v) is 24.2. The van der Waals surface area contributed by atoms with Gasteiger partial charge in [0.1, 0.15) is 0 Å². The Balaban J connectivity index is 2.13. The second kappa shape index (κ2) is 14.2. The van der Waals surface area contributed by atoms with E-state index in [0.717, 1.165) is 11.1 Å². The summed E-state index contributed by atoms with van der Waals surface area (Å²) >= 11 is 0. The highest BCUT2D eigenvalue weighted by atomic mass is 32.2. The van der Waals surface area contributed by atoms with Crippen LogP contribution in [0, 0.1) is 0 Å². The number of aliphatic hydroxyl groups excluding tert-OH is 2. The van der Waals surface area contributed by atoms with Crippen LogP contribution in [0.1, 0.15) is 52.7 Å². The number of nitrogens with zero attached hydrogens (tertiary/aromatic N) is 1. The molecule has 1 amide bonds. The zero-order chi connectivity index (χ0) is 28.5. The number of rotatable bonds is 13. The highest BCUT2D eigenvalue weighted by molar-refractivity contribution is 7.84. The predicted octanol–water partition coefficient (Wildman–Crippen LogP) is 3.35. The predicted molar refractivity (Wildman–Crippen MR) is 153 cm³/mol. The normalized spacial score (nSPS) is 16.3. The first-order chi connectivity index (χ1) is 17.7. The van der Waals surface area contributed by atoms with Crippen molar-refractivity contribution in [1.29, 1.82) is 0 Å². The molecule has 2 rings (SSSR count). The van der Waals surface area contributed by atoms with Gasteiger partial charge in [-0.25, -0.2) is 13.7 Å². The maximum atomic E-state index is 12.8. The molecule has 0 radical (unpaired) electrons. The van der Waals surface area contributed by atoms with Crippen LogP contribution in [-0.4, -0.2) is 78.2 Å². The van der Waals surface area contributed by atoms with Crippen LogP contribution in [-0.2, 0) is 23.8 Å². The van der Waals surface area contributed by atoms with Gasteiger partial charge in [-0.15, -0.1) is 0 Å². The van der Waals surface area contributed by atoms with Crippen molar-refractivity contribution in [2.24, 2.45) is 0 Å². The first-order valence-corrected chi connectivity index (χ1v) is 14.2. The smallest absolute Gasteiger partial charge is 0.408 e. The van der Waals surface area contributed by atoms with Crippen LogP contribution in [0.15, 0.2) is 60.7 Å². The number of hydrogen-bond acceptors (Lipinski definition) is 5. The number of amides is 1. The molecule has 0 saturated heterocycles. The summed E-state index contributed by atoms with van der Waals surface area (Å²) in [4.78, 5) is 13.5. The Kier molecular flexibility index (Phi) is 11.9. The molecular weight excluding hydrogens is 502 g/mol. The van der Waals surface area contributed by atoms with E-state index >= 15 is 0 Å². The lowest BCUT2D eigenvalue weighted by Gasteiger charge is -2.42. The van der Waals surface area contributed by atoms with Gasteiger partial charge in [0.25, 0.3) is 0 Å². The lowest BCUT2D eigenvalue weighted by atomic mass is 9.94. The monoisotopic (exact) mass is 547 g/mol. The molecule has 8 nitrogen and oxygen atoms in total. The molecule has 0 heterocycles. The van der Waals surface area contributed by atoms with Gasteiger partial charge >= 0.3 is 6.09 Å². The van der Waals surface area contributed by atoms with Gasteiger partial charge in [0.05, 0.1) is 40.0 Å². The summed E-state index contributed by atoms with van der Waals surface area (Å²) in [6.07, 6.45) is -2.21. The number of hydrogen-bond donors (Lipinski definition) is 5. The molecule has 5 atom stereocenters. The first-order valence-electron chi connectivity index (χ1n) is 13.0. The molecule has 0 aliphatic rings. The van der Waals surface area contributed by atoms with Crippen molar-refractivity contribution in [3.63, 3.8) is 0 Å². The first kappa shape index (κ1) is 31.9. The van der Waals surface area contributed by atoms with Crippen LogP contribution in [0.4, 0.5) is 4.79 Å². The average Bonchev–Trinajstić information content (AvgIpc) is 2.82. The van der Waals surface area contributed by atoms with E-state index in [0.29, 0.717) is 12.8 Å². The largest absolute Gasteiger partial charge is 0.465 e. The minimum absolute atomic E-state index is 0.0782. The number of carboxylic acid groups (broad SMARTS) is 1. The SMILES string of the molecule is CC(C)(C)N(C(=O)O)[C@@H](Cc1ccccc1)[C@H](O)CNC[C@@H](O)[C@H](Cc1ccccc1)NS(=O)C(C)(C)C. The topological polar surface area (TPSA) is 122 Å². The Morgan fingerprint density at radius 3 is 1.76 bits per heavy atom. The van der Waals surface area contributed by atoms with E-state index in [-0.39, 0.29) is 13.1 Å². The lowest BCUT2D eigenvalue weighted by molar-refractivity contribution is 0.00643. The van der Waals surface area contributed by atoms with Gasteiger partial charge < -0.3 is 20.6 Å². The Morgan fingerprint density at radius 1 is 0.842 bits per heavy atom. The third kappa shape index (κ3) is 10.1. The molecule has 0 aromatic heterocycles. The second-order valence-corrected chi connectivity index (χ2v) is 13.7. The standard InChI is InChI=1S/C29H45N3O5S/c1-28(2,3)32(27(35)36)24(18-22-15-11-8-12-16-22)26(34)20-30-19-25(33)23(31-38(37)29(4,5)6)17-21-13-9-7-10-14-21/h7-16,23-26,30-31,33-34H,17-20H2,1-6H3,(H,35,36)/t23-,24-,25+,26+,38?/m0/s1. The van der Waals surface area contributed by atoms with Crippen molar-refractivity contribution < 1.29 is 24.3 Å². The molecule has 2 aromatic rings. The van der Waals surface area contributed by atoms with Gasteiger partial charge in [0, 0.05) is 18.6 Å². The van der Waals surface area contributed by atoms with E-state index in [4.69, 9.17) is 0 Å². The van der Waals surface area contributed by atoms with Crippen molar-refractivity contribution in [2.75, 3.05) is 13.1 Å². The van der Waals surface area contributed by atoms with Crippen molar-refractivity contribution in [2.45, 2.75) is 89.0 Å². The molecule has 0 aliphatic heterocycles. The van der Waals surface area contributed by atoms with Gasteiger partial charge in [0.2, 0.25) is 0 Å². The van der Waals surface area contributed by atoms with E-state index in [1.165, 1.54) is 4.90 Å². The molecular formula is C29H45N3O5S. The summed E-state index contributed by atoms with van der Waals surface area (Å²) in [5, 5.41) is 35.3. The molecule has 0 spiro atoms. The van der Waals surface area contributed by atoms with Crippen LogP contribution in [0.5, 0.6) is 0 Å². The summed E-state index contributed by atoms with van der Waals surface area (Å²) in [5.41, 5.74) is 1.19. The van der Waals surface area contributed by atoms with Crippen molar-refractivity contribution in [3.05, 3.63) is 71.8 Å². The number of benzene rings is 2. The fraction of sp³-hybridized carbons (Fsp3) is 0.552. The Morgan fingerprint density at radius 2 is 1.32 bits per heavy atom. The van der Waals surface area contributed by atoms with Gasteiger partial charge in [0.15, 0.2) is 0 Å². The summed E-state index contributed by atoms with van der Waals surface area (Å²) in [6.45, 7) is 11.2. The maximum Gasteiger partial charge on any atom is 0.408 e. The summed E-state index contributed by atoms with van der Waals surface area (Å²) in [7, 11) is -1.39. The van der Waals surface area contributed by atoms with Crippen LogP contribution in [0.2, 0.25) is 0 Å². The van der Waals surface area contributed by atoms with Gasteiger partial charge in [-0.2, -0.15) is 0 Å². The summed E-state index contributed by atoms with van der Waals surface area (Å²) in [6, 6.07) is 18.0. The Hall–Kier alpha value is -2.30. The summed E-state index contributed by atoms with van der Waals surface area (Å²) < 4.78 is 15.4.